The number of hydrogen-bond donors (Lipinski definition) is 2. The molecule has 0 saturated carbocycles. The first-order chi connectivity index (χ1) is 20.4. The number of benzene rings is 2. The molecule has 43 heavy (non-hydrogen) atoms. The van der Waals surface area contributed by atoms with Gasteiger partial charge in [0.15, 0.2) is 8.32 Å². The molecule has 1 unspecified atom stereocenters. The number of unbranched alkanes of at least 4 members (excludes halogenated alkanes) is 2. The van der Waals surface area contributed by atoms with Crippen LogP contribution in [0.15, 0.2) is 73.3 Å². The summed E-state index contributed by atoms with van der Waals surface area (Å²) >= 11 is 0. The molecule has 8 nitrogen and oxygen atoms in total. The van der Waals surface area contributed by atoms with E-state index in [1.807, 2.05) is 28.8 Å². The van der Waals surface area contributed by atoms with E-state index in [2.05, 4.69) is 85.3 Å². The summed E-state index contributed by atoms with van der Waals surface area (Å²) in [7, 11) is -1.98. The molecule has 0 bridgehead atoms. The Morgan fingerprint density at radius 2 is 1.81 bits per heavy atom. The Morgan fingerprint density at radius 1 is 1.05 bits per heavy atom. The Balaban J connectivity index is 1.37. The lowest BCUT2D eigenvalue weighted by Crippen LogP contribution is -2.42. The molecule has 9 heteroatoms. The van der Waals surface area contributed by atoms with E-state index < -0.39 is 14.2 Å². The van der Waals surface area contributed by atoms with Crippen LogP contribution in [-0.4, -0.2) is 40.9 Å². The molecule has 2 aromatic carbocycles. The third-order valence-corrected chi connectivity index (χ3v) is 13.2. The second kappa shape index (κ2) is 14.2. The van der Waals surface area contributed by atoms with E-state index in [0.29, 0.717) is 13.0 Å². The molecule has 2 heterocycles. The van der Waals surface area contributed by atoms with Crippen molar-refractivity contribution in [3.63, 3.8) is 0 Å². The zero-order chi connectivity index (χ0) is 31.0. The van der Waals surface area contributed by atoms with Crippen LogP contribution in [0.1, 0.15) is 75.0 Å². The molecule has 0 fully saturated rings. The number of rotatable bonds is 15. The van der Waals surface area contributed by atoms with Gasteiger partial charge in [-0.3, -0.25) is 9.59 Å². The number of carbonyl (C=O) groups excluding carboxylic acids is 2. The van der Waals surface area contributed by atoms with E-state index in [9.17, 15) is 9.59 Å². The summed E-state index contributed by atoms with van der Waals surface area (Å²) in [6.07, 6.45) is 10.8. The Labute approximate surface area is 256 Å². The molecule has 0 aliphatic heterocycles. The predicted molar refractivity (Wildman–Crippen MR) is 177 cm³/mol. The fraction of sp³-hybridized carbons (Fsp3) is 0.441. The van der Waals surface area contributed by atoms with E-state index in [-0.39, 0.29) is 22.7 Å². The lowest BCUT2D eigenvalue weighted by atomic mass is 10.1. The number of anilines is 1. The van der Waals surface area contributed by atoms with Crippen molar-refractivity contribution < 1.29 is 14.0 Å². The van der Waals surface area contributed by atoms with Crippen LogP contribution in [0, 0.1) is 0 Å². The standard InChI is InChI=1S/C34H47N5O3Si/c1-34(2,3)43(4,5)42-24-29(39-23-30(33(35)41)36-25-39)19-21-38-20-18-27-16-17-28(22-31(27)38)37-32(40)15-11-7-10-14-26-12-8-6-9-13-26/h6,8-9,12-13,16-18,20,22-23,25,29H,7,10-11,14-15,19,21,24H2,1-5H3,(H2,35,41)(H,37,40). The highest BCUT2D eigenvalue weighted by atomic mass is 28.4. The molecule has 0 aliphatic carbocycles. The smallest absolute Gasteiger partial charge is 0.268 e. The molecule has 0 aliphatic rings. The fourth-order valence-corrected chi connectivity index (χ4v) is 5.95. The Hall–Kier alpha value is -3.69. The molecule has 0 saturated heterocycles. The van der Waals surface area contributed by atoms with Crippen molar-refractivity contribution in [2.75, 3.05) is 11.9 Å². The number of carbonyl (C=O) groups is 2. The van der Waals surface area contributed by atoms with E-state index in [1.165, 1.54) is 5.56 Å². The highest BCUT2D eigenvalue weighted by molar-refractivity contribution is 6.74. The highest BCUT2D eigenvalue weighted by Crippen LogP contribution is 2.37. The number of fused-ring (bicyclic) bond motifs is 1. The van der Waals surface area contributed by atoms with Gasteiger partial charge in [0.1, 0.15) is 5.69 Å². The summed E-state index contributed by atoms with van der Waals surface area (Å²) in [6, 6.07) is 18.6. The zero-order valence-electron chi connectivity index (χ0n) is 26.3. The van der Waals surface area contributed by atoms with E-state index in [1.54, 1.807) is 12.5 Å². The zero-order valence-corrected chi connectivity index (χ0v) is 27.3. The third kappa shape index (κ3) is 8.90. The van der Waals surface area contributed by atoms with Gasteiger partial charge in [0.05, 0.1) is 24.5 Å². The van der Waals surface area contributed by atoms with E-state index in [4.69, 9.17) is 10.2 Å². The lowest BCUT2D eigenvalue weighted by Gasteiger charge is -2.37. The summed E-state index contributed by atoms with van der Waals surface area (Å²) in [5, 5.41) is 4.30. The SMILES string of the molecule is CC(C)(C)[Si](C)(C)OCC(CCn1ccc2ccc(NC(=O)CCCCCc3ccccc3)cc21)n1cnc(C(N)=O)c1. The Bertz CT molecular complexity index is 1500. The van der Waals surface area contributed by atoms with Gasteiger partial charge in [-0.05, 0) is 73.0 Å². The van der Waals surface area contributed by atoms with Gasteiger partial charge in [-0.1, -0.05) is 63.6 Å². The predicted octanol–water partition coefficient (Wildman–Crippen LogP) is 7.33. The second-order valence-electron chi connectivity index (χ2n) is 13.0. The van der Waals surface area contributed by atoms with Crippen molar-refractivity contribution in [2.45, 2.75) is 90.0 Å². The number of hydrogen-bond acceptors (Lipinski definition) is 4. The van der Waals surface area contributed by atoms with Crippen molar-refractivity contribution in [3.8, 4) is 0 Å². The second-order valence-corrected chi connectivity index (χ2v) is 17.8. The first-order valence-corrected chi connectivity index (χ1v) is 18.2. The largest absolute Gasteiger partial charge is 0.415 e. The normalized spacial score (nSPS) is 12.9. The van der Waals surface area contributed by atoms with Crippen LogP contribution >= 0.6 is 0 Å². The van der Waals surface area contributed by atoms with Crippen molar-refractivity contribution in [1.29, 1.82) is 0 Å². The first kappa shape index (κ1) is 32.2. The van der Waals surface area contributed by atoms with Gasteiger partial charge in [0, 0.05) is 31.0 Å². The summed E-state index contributed by atoms with van der Waals surface area (Å²) in [5.41, 5.74) is 8.94. The summed E-state index contributed by atoms with van der Waals surface area (Å²) in [4.78, 5) is 28.6. The molecule has 4 aromatic rings. The molecule has 3 N–H and O–H groups in total. The minimum atomic E-state index is -1.98. The maximum atomic E-state index is 12.7. The Morgan fingerprint density at radius 3 is 2.51 bits per heavy atom. The molecule has 0 spiro atoms. The van der Waals surface area contributed by atoms with Gasteiger partial charge in [-0.25, -0.2) is 4.98 Å². The molecule has 2 aromatic heterocycles. The topological polar surface area (TPSA) is 104 Å². The monoisotopic (exact) mass is 601 g/mol. The van der Waals surface area contributed by atoms with Crippen molar-refractivity contribution in [3.05, 3.63) is 84.6 Å². The quantitative estimate of drug-likeness (QED) is 0.110. The number of imidazole rings is 1. The van der Waals surface area contributed by atoms with Gasteiger partial charge in [-0.2, -0.15) is 0 Å². The van der Waals surface area contributed by atoms with Crippen LogP contribution in [0.4, 0.5) is 5.69 Å². The number of aromatic nitrogens is 3. The number of primary amides is 1. The van der Waals surface area contributed by atoms with Gasteiger partial charge in [0.25, 0.3) is 5.91 Å². The average Bonchev–Trinajstić information content (AvgIpc) is 3.61. The molecule has 2 amide bonds. The average molecular weight is 602 g/mol. The van der Waals surface area contributed by atoms with Crippen molar-refractivity contribution in [2.24, 2.45) is 5.73 Å². The summed E-state index contributed by atoms with van der Waals surface area (Å²) in [6.45, 7) is 12.4. The van der Waals surface area contributed by atoms with Crippen LogP contribution in [0.25, 0.3) is 10.9 Å². The van der Waals surface area contributed by atoms with Crippen LogP contribution in [0.2, 0.25) is 18.1 Å². The minimum absolute atomic E-state index is 0.0167. The minimum Gasteiger partial charge on any atom is -0.415 e. The van der Waals surface area contributed by atoms with Crippen LogP contribution in [0.5, 0.6) is 0 Å². The molecular weight excluding hydrogens is 554 g/mol. The van der Waals surface area contributed by atoms with Crippen LogP contribution in [-0.2, 0) is 22.2 Å². The van der Waals surface area contributed by atoms with Crippen LogP contribution < -0.4 is 11.1 Å². The molecule has 4 rings (SSSR count). The first-order valence-electron chi connectivity index (χ1n) is 15.3. The lowest BCUT2D eigenvalue weighted by molar-refractivity contribution is -0.116. The molecular formula is C34H47N5O3Si. The number of nitrogens with two attached hydrogens (primary N) is 1. The molecule has 0 radical (unpaired) electrons. The number of nitrogens with one attached hydrogen (secondary N) is 1. The van der Waals surface area contributed by atoms with Gasteiger partial charge in [0.2, 0.25) is 5.91 Å². The Kier molecular flexibility index (Phi) is 10.6. The van der Waals surface area contributed by atoms with E-state index >= 15 is 0 Å². The molecule has 230 valence electrons. The van der Waals surface area contributed by atoms with Gasteiger partial charge in [-0.15, -0.1) is 0 Å². The maximum Gasteiger partial charge on any atom is 0.268 e. The maximum absolute atomic E-state index is 12.7. The van der Waals surface area contributed by atoms with Crippen molar-refractivity contribution in [1.82, 2.24) is 14.1 Å². The van der Waals surface area contributed by atoms with E-state index in [0.717, 1.165) is 55.2 Å². The fourth-order valence-electron chi connectivity index (χ4n) is 4.91. The van der Waals surface area contributed by atoms with Gasteiger partial charge >= 0.3 is 0 Å². The van der Waals surface area contributed by atoms with Gasteiger partial charge < -0.3 is 24.6 Å². The number of aryl methyl sites for hydroxylation is 2. The summed E-state index contributed by atoms with van der Waals surface area (Å²) < 4.78 is 10.7. The third-order valence-electron chi connectivity index (χ3n) is 8.69. The number of nitrogens with zero attached hydrogens (tertiary/aromatic N) is 3. The molecule has 1 atom stereocenters. The highest BCUT2D eigenvalue weighted by Gasteiger charge is 2.37. The summed E-state index contributed by atoms with van der Waals surface area (Å²) in [5.74, 6) is -0.494. The van der Waals surface area contributed by atoms with Crippen molar-refractivity contribution >= 4 is 36.7 Å². The number of amides is 2. The van der Waals surface area contributed by atoms with Crippen LogP contribution in [0.3, 0.4) is 0 Å².